The van der Waals surface area contributed by atoms with Gasteiger partial charge in [-0.2, -0.15) is 0 Å². The molecule has 0 saturated carbocycles. The van der Waals surface area contributed by atoms with Crippen molar-refractivity contribution in [2.45, 2.75) is 63.8 Å². The topological polar surface area (TPSA) is 166 Å². The number of benzene rings is 4. The highest BCUT2D eigenvalue weighted by Gasteiger charge is 2.26. The Kier molecular flexibility index (Phi) is 15.6. The summed E-state index contributed by atoms with van der Waals surface area (Å²) in [4.78, 5) is 77.2. The molecule has 2 aliphatic heterocycles. The van der Waals surface area contributed by atoms with E-state index in [-0.39, 0.29) is 35.8 Å². The molecule has 6 rings (SSSR count). The lowest BCUT2D eigenvalue weighted by Crippen LogP contribution is -2.43. The number of likely N-dealkylation sites (tertiary alicyclic amines) is 2. The molecule has 2 heterocycles. The van der Waals surface area contributed by atoms with Crippen LogP contribution in [-0.2, 0) is 27.4 Å². The highest BCUT2D eigenvalue weighted by molar-refractivity contribution is 6.05. The monoisotopic (exact) mass is 800 g/mol. The van der Waals surface area contributed by atoms with Gasteiger partial charge in [0.1, 0.15) is 12.6 Å². The van der Waals surface area contributed by atoms with Gasteiger partial charge in [-0.1, -0.05) is 24.3 Å². The minimum absolute atomic E-state index is 0.0363. The average Bonchev–Trinajstić information content (AvgIpc) is 3.27. The van der Waals surface area contributed by atoms with Gasteiger partial charge in [0.2, 0.25) is 11.8 Å². The fourth-order valence-electron chi connectivity index (χ4n) is 7.25. The zero-order valence-electron chi connectivity index (χ0n) is 33.2. The molecule has 0 atom stereocenters. The number of piperidine rings is 2. The number of hydrogen-bond acceptors (Lipinski definition) is 9. The van der Waals surface area contributed by atoms with Gasteiger partial charge in [0.15, 0.2) is 0 Å². The molecule has 0 radical (unpaired) electrons. The van der Waals surface area contributed by atoms with Crippen molar-refractivity contribution in [1.29, 1.82) is 0 Å². The number of nitrogens with zero attached hydrogens (tertiary/aromatic N) is 2. The summed E-state index contributed by atoms with van der Waals surface area (Å²) in [5.41, 5.74) is 4.88. The Morgan fingerprint density at radius 3 is 1.32 bits per heavy atom. The first kappa shape index (κ1) is 42.6. The van der Waals surface area contributed by atoms with E-state index >= 15 is 0 Å². The molecule has 308 valence electrons. The van der Waals surface area contributed by atoms with Gasteiger partial charge >= 0.3 is 0 Å². The minimum atomic E-state index is -0.267. The number of nitrogens with one attached hydrogen (secondary N) is 4. The Morgan fingerprint density at radius 2 is 0.949 bits per heavy atom. The molecule has 2 saturated heterocycles. The van der Waals surface area contributed by atoms with Gasteiger partial charge in [-0.25, -0.2) is 0 Å². The van der Waals surface area contributed by atoms with E-state index in [4.69, 9.17) is 4.74 Å². The SMILES string of the molecule is O=Cc1ccc(NC(=O)c2cccc(CNC(=O)CCN3CCC(OC4CCN(CCC(=O)NCc5cccc(C(=O)Nc6ccc(C=O)cc6)c5)CC4)CC3)c2)cc1. The number of carbonyl (C=O) groups is 6. The molecule has 13 heteroatoms. The Hall–Kier alpha value is -6.02. The van der Waals surface area contributed by atoms with Crippen molar-refractivity contribution in [3.05, 3.63) is 130 Å². The fourth-order valence-corrected chi connectivity index (χ4v) is 7.25. The molecule has 4 aromatic rings. The Bertz CT molecular complexity index is 1910. The van der Waals surface area contributed by atoms with Crippen LogP contribution < -0.4 is 21.3 Å². The van der Waals surface area contributed by atoms with Gasteiger partial charge in [-0.3, -0.25) is 28.8 Å². The van der Waals surface area contributed by atoms with Crippen LogP contribution >= 0.6 is 0 Å². The smallest absolute Gasteiger partial charge is 0.255 e. The molecule has 2 fully saturated rings. The second-order valence-corrected chi connectivity index (χ2v) is 15.1. The van der Waals surface area contributed by atoms with Crippen LogP contribution in [-0.4, -0.2) is 97.5 Å². The minimum Gasteiger partial charge on any atom is -0.375 e. The zero-order chi connectivity index (χ0) is 41.4. The maximum absolute atomic E-state index is 12.7. The maximum atomic E-state index is 12.7. The van der Waals surface area contributed by atoms with Gasteiger partial charge in [0.25, 0.3) is 11.8 Å². The van der Waals surface area contributed by atoms with Gasteiger partial charge in [0.05, 0.1) is 12.2 Å². The lowest BCUT2D eigenvalue weighted by molar-refractivity contribution is -0.122. The third-order valence-corrected chi connectivity index (χ3v) is 10.7. The fraction of sp³-hybridized carbons (Fsp3) is 0.348. The summed E-state index contributed by atoms with van der Waals surface area (Å²) in [5, 5.41) is 11.6. The number of amides is 4. The van der Waals surface area contributed by atoms with E-state index in [0.717, 1.165) is 75.6 Å². The van der Waals surface area contributed by atoms with Crippen molar-refractivity contribution in [1.82, 2.24) is 20.4 Å². The first-order chi connectivity index (χ1) is 28.7. The van der Waals surface area contributed by atoms with Gasteiger partial charge in [-0.05, 0) is 110 Å². The number of carbonyl (C=O) groups excluding carboxylic acids is 6. The van der Waals surface area contributed by atoms with Crippen LogP contribution in [0.5, 0.6) is 0 Å². The number of rotatable bonds is 18. The van der Waals surface area contributed by atoms with Gasteiger partial charge in [-0.15, -0.1) is 0 Å². The van der Waals surface area contributed by atoms with Crippen LogP contribution in [0.15, 0.2) is 97.1 Å². The van der Waals surface area contributed by atoms with E-state index in [2.05, 4.69) is 31.1 Å². The molecule has 0 bridgehead atoms. The van der Waals surface area contributed by atoms with Crippen LogP contribution in [0.25, 0.3) is 0 Å². The predicted octanol–water partition coefficient (Wildman–Crippen LogP) is 5.47. The number of hydrogen-bond donors (Lipinski definition) is 4. The maximum Gasteiger partial charge on any atom is 0.255 e. The van der Waals surface area contributed by atoms with E-state index in [1.54, 1.807) is 84.9 Å². The van der Waals surface area contributed by atoms with Crippen LogP contribution in [0.1, 0.15) is 91.1 Å². The summed E-state index contributed by atoms with van der Waals surface area (Å²) >= 11 is 0. The predicted molar refractivity (Wildman–Crippen MR) is 225 cm³/mol. The molecule has 4 aromatic carbocycles. The second-order valence-electron chi connectivity index (χ2n) is 15.1. The zero-order valence-corrected chi connectivity index (χ0v) is 33.2. The summed E-state index contributed by atoms with van der Waals surface area (Å²) in [7, 11) is 0. The lowest BCUT2D eigenvalue weighted by Gasteiger charge is -2.37. The van der Waals surface area contributed by atoms with E-state index in [1.807, 2.05) is 12.1 Å². The van der Waals surface area contributed by atoms with E-state index < -0.39 is 0 Å². The van der Waals surface area contributed by atoms with Crippen LogP contribution in [0, 0.1) is 0 Å². The molecule has 13 nitrogen and oxygen atoms in total. The molecule has 0 aliphatic carbocycles. The first-order valence-electron chi connectivity index (χ1n) is 20.3. The van der Waals surface area contributed by atoms with Gasteiger partial charge < -0.3 is 35.8 Å². The normalized spacial score (nSPS) is 15.2. The lowest BCUT2D eigenvalue weighted by atomic mass is 10.0. The standard InChI is InChI=1S/C46H52N6O7/c53-31-33-7-11-39(12-8-33)49-45(57)37-5-1-3-35(27-37)29-47-43(55)19-25-51-21-15-41(16-22-51)59-42-17-23-52(24-18-42)26-20-44(56)48-30-36-4-2-6-38(28-36)46(58)50-40-13-9-34(32-54)10-14-40/h1-14,27-28,31-32,41-42H,15-26,29-30H2,(H,47,55)(H,48,56)(H,49,57)(H,50,58). The highest BCUT2D eigenvalue weighted by Crippen LogP contribution is 2.22. The van der Waals surface area contributed by atoms with E-state index in [1.165, 1.54) is 0 Å². The van der Waals surface area contributed by atoms with Crippen molar-refractivity contribution in [3.8, 4) is 0 Å². The van der Waals surface area contributed by atoms with Gasteiger partial charge in [0, 0.05) is 98.8 Å². The molecule has 4 N–H and O–H groups in total. The van der Waals surface area contributed by atoms with E-state index in [0.29, 0.717) is 72.6 Å². The van der Waals surface area contributed by atoms with Crippen LogP contribution in [0.4, 0.5) is 11.4 Å². The largest absolute Gasteiger partial charge is 0.375 e. The van der Waals surface area contributed by atoms with Crippen molar-refractivity contribution in [3.63, 3.8) is 0 Å². The average molecular weight is 801 g/mol. The summed E-state index contributed by atoms with van der Waals surface area (Å²) in [6, 6.07) is 27.6. The Morgan fingerprint density at radius 1 is 0.559 bits per heavy atom. The van der Waals surface area contributed by atoms with E-state index in [9.17, 15) is 28.8 Å². The molecule has 4 amide bonds. The Balaban J connectivity index is 0.805. The molecule has 2 aliphatic rings. The third kappa shape index (κ3) is 13.5. The summed E-state index contributed by atoms with van der Waals surface area (Å²) in [6.45, 7) is 5.56. The number of aldehydes is 2. The van der Waals surface area contributed by atoms with Crippen LogP contribution in [0.3, 0.4) is 0 Å². The van der Waals surface area contributed by atoms with Crippen LogP contribution in [0.2, 0.25) is 0 Å². The highest BCUT2D eigenvalue weighted by atomic mass is 16.5. The molecule has 0 aromatic heterocycles. The first-order valence-corrected chi connectivity index (χ1v) is 20.3. The summed E-state index contributed by atoms with van der Waals surface area (Å²) in [6.07, 6.45) is 6.44. The molecule has 59 heavy (non-hydrogen) atoms. The summed E-state index contributed by atoms with van der Waals surface area (Å²) in [5.74, 6) is -0.607. The molecule has 0 unspecified atom stereocenters. The number of ether oxygens (including phenoxy) is 1. The van der Waals surface area contributed by atoms with Crippen molar-refractivity contribution in [2.75, 3.05) is 49.9 Å². The molecular formula is C46H52N6O7. The van der Waals surface area contributed by atoms with Crippen molar-refractivity contribution < 1.29 is 33.5 Å². The second kappa shape index (κ2) is 21.7. The number of anilines is 2. The van der Waals surface area contributed by atoms with Crippen molar-refractivity contribution >= 4 is 47.6 Å². The van der Waals surface area contributed by atoms with Crippen molar-refractivity contribution in [2.24, 2.45) is 0 Å². The third-order valence-electron chi connectivity index (χ3n) is 10.7. The summed E-state index contributed by atoms with van der Waals surface area (Å²) < 4.78 is 6.50. The molecular weight excluding hydrogens is 749 g/mol. The quantitative estimate of drug-likeness (QED) is 0.0955. The Labute approximate surface area is 344 Å². The molecule has 0 spiro atoms.